The van der Waals surface area contributed by atoms with E-state index in [-0.39, 0.29) is 11.6 Å². The number of methoxy groups -OCH3 is 1. The van der Waals surface area contributed by atoms with Gasteiger partial charge in [-0.05, 0) is 31.0 Å². The maximum Gasteiger partial charge on any atom is 0.458 e. The lowest BCUT2D eigenvalue weighted by Gasteiger charge is -2.24. The zero-order chi connectivity index (χ0) is 20.0. The van der Waals surface area contributed by atoms with Gasteiger partial charge in [-0.25, -0.2) is 5.10 Å². The second-order valence-corrected chi connectivity index (χ2v) is 7.72. The van der Waals surface area contributed by atoms with Crippen molar-refractivity contribution in [1.29, 1.82) is 0 Å². The number of aromatic nitrogens is 5. The highest BCUT2D eigenvalue weighted by Gasteiger charge is 2.26. The minimum atomic E-state index is 0.00127. The lowest BCUT2D eigenvalue weighted by atomic mass is 9.95. The van der Waals surface area contributed by atoms with E-state index in [1.54, 1.807) is 11.6 Å². The van der Waals surface area contributed by atoms with Crippen LogP contribution in [0, 0.1) is 6.92 Å². The molecule has 0 bridgehead atoms. The molecule has 29 heavy (non-hydrogen) atoms. The number of benzene rings is 1. The Morgan fingerprint density at radius 1 is 1.17 bits per heavy atom. The third-order valence-electron chi connectivity index (χ3n) is 5.83. The van der Waals surface area contributed by atoms with E-state index < -0.39 is 0 Å². The first-order valence-corrected chi connectivity index (χ1v) is 10.1. The molecule has 7 heteroatoms. The zero-order valence-electron chi connectivity index (χ0n) is 16.7. The molecule has 3 heterocycles. The molecule has 7 nitrogen and oxygen atoms in total. The third kappa shape index (κ3) is 2.97. The van der Waals surface area contributed by atoms with Crippen LogP contribution in [0.4, 0.5) is 0 Å². The van der Waals surface area contributed by atoms with Gasteiger partial charge >= 0.3 is 5.78 Å². The van der Waals surface area contributed by atoms with Crippen LogP contribution in [0.1, 0.15) is 44.0 Å². The number of nitrogens with zero attached hydrogens (tertiary/aromatic N) is 4. The molecule has 0 spiro atoms. The van der Waals surface area contributed by atoms with Gasteiger partial charge in [0.25, 0.3) is 5.56 Å². The predicted molar refractivity (Wildman–Crippen MR) is 110 cm³/mol. The van der Waals surface area contributed by atoms with Gasteiger partial charge in [0.15, 0.2) is 11.2 Å². The van der Waals surface area contributed by atoms with Crippen molar-refractivity contribution >= 4 is 16.7 Å². The summed E-state index contributed by atoms with van der Waals surface area (Å²) in [5, 5.41) is 3.84. The Morgan fingerprint density at radius 2 is 2.00 bits per heavy atom. The number of pyridine rings is 1. The van der Waals surface area contributed by atoms with E-state index in [9.17, 15) is 4.79 Å². The first kappa shape index (κ1) is 17.8. The van der Waals surface area contributed by atoms with Gasteiger partial charge in [0.05, 0.1) is 7.11 Å². The van der Waals surface area contributed by atoms with E-state index in [4.69, 9.17) is 4.74 Å². The lowest BCUT2D eigenvalue weighted by Crippen LogP contribution is -2.33. The van der Waals surface area contributed by atoms with Crippen molar-refractivity contribution in [2.75, 3.05) is 7.11 Å². The van der Waals surface area contributed by atoms with E-state index in [2.05, 4.69) is 15.1 Å². The van der Waals surface area contributed by atoms with E-state index in [1.165, 1.54) is 19.3 Å². The molecule has 1 aliphatic rings. The molecule has 1 N–H and O–H groups in total. The largest absolute Gasteiger partial charge is 0.497 e. The highest BCUT2D eigenvalue weighted by Crippen LogP contribution is 2.29. The summed E-state index contributed by atoms with van der Waals surface area (Å²) in [7, 11) is 1.64. The number of hydrogen-bond donors (Lipinski definition) is 1. The average molecular weight is 390 g/mol. The van der Waals surface area contributed by atoms with Crippen molar-refractivity contribution in [3.63, 3.8) is 0 Å². The molecule has 5 rings (SSSR count). The van der Waals surface area contributed by atoms with Crippen LogP contribution in [-0.4, -0.2) is 26.7 Å². The SMILES string of the molecule is COc1cccc(-c2c3c(=O)n(C4CCCCC4)ccc3nc3nc(C)[nH][n+]23)c1. The minimum Gasteiger partial charge on any atom is -0.497 e. The van der Waals surface area contributed by atoms with Crippen LogP contribution in [-0.2, 0) is 0 Å². The van der Waals surface area contributed by atoms with Gasteiger partial charge in [0.1, 0.15) is 11.1 Å². The highest BCUT2D eigenvalue weighted by molar-refractivity contribution is 5.90. The van der Waals surface area contributed by atoms with Gasteiger partial charge in [0, 0.05) is 24.7 Å². The number of ether oxygens (including phenoxy) is 1. The summed E-state index contributed by atoms with van der Waals surface area (Å²) >= 11 is 0. The molecule has 1 aliphatic carbocycles. The summed E-state index contributed by atoms with van der Waals surface area (Å²) in [6, 6.07) is 9.94. The fraction of sp³-hybridized carbons (Fsp3) is 0.364. The second kappa shape index (κ2) is 6.99. The second-order valence-electron chi connectivity index (χ2n) is 7.72. The summed E-state index contributed by atoms with van der Waals surface area (Å²) in [4.78, 5) is 22.8. The van der Waals surface area contributed by atoms with Crippen molar-refractivity contribution in [1.82, 2.24) is 19.6 Å². The molecule has 0 atom stereocenters. The van der Waals surface area contributed by atoms with Gasteiger partial charge in [0.2, 0.25) is 5.82 Å². The van der Waals surface area contributed by atoms with Crippen LogP contribution in [0.2, 0.25) is 0 Å². The Balaban J connectivity index is 1.86. The number of H-pyrrole nitrogens is 1. The molecule has 148 valence electrons. The molecule has 1 saturated carbocycles. The van der Waals surface area contributed by atoms with Gasteiger partial charge in [-0.3, -0.25) is 4.79 Å². The topological polar surface area (TPSA) is 76.9 Å². The van der Waals surface area contributed by atoms with Gasteiger partial charge < -0.3 is 9.30 Å². The number of aryl methyl sites for hydroxylation is 1. The molecule has 0 unspecified atom stereocenters. The summed E-state index contributed by atoms with van der Waals surface area (Å²) < 4.78 is 9.13. The number of nitrogens with one attached hydrogen (secondary N) is 1. The van der Waals surface area contributed by atoms with E-state index in [0.717, 1.165) is 35.7 Å². The molecular weight excluding hydrogens is 366 g/mol. The monoisotopic (exact) mass is 390 g/mol. The summed E-state index contributed by atoms with van der Waals surface area (Å²) in [5.41, 5.74) is 2.31. The normalized spacial score (nSPS) is 15.2. The van der Waals surface area contributed by atoms with Crippen LogP contribution in [0.15, 0.2) is 41.3 Å². The molecule has 4 aromatic rings. The van der Waals surface area contributed by atoms with Crippen molar-refractivity contribution in [3.8, 4) is 17.0 Å². The molecule has 3 aromatic heterocycles. The van der Waals surface area contributed by atoms with E-state index in [0.29, 0.717) is 16.7 Å². The first-order chi connectivity index (χ1) is 14.2. The summed E-state index contributed by atoms with van der Waals surface area (Å²) in [5.74, 6) is 2.02. The number of rotatable bonds is 3. The third-order valence-corrected chi connectivity index (χ3v) is 5.83. The molecule has 0 saturated heterocycles. The standard InChI is InChI=1S/C22H23N5O2/c1-14-23-22-24-18-11-12-26(16-8-4-3-5-9-16)21(28)19(18)20(27(22)25-14)15-7-6-10-17(13-15)29-2/h6-7,10-13,16H,3-5,8-9H2,1-2H3/p+1. The minimum absolute atomic E-state index is 0.00127. The molecule has 0 aliphatic heterocycles. The Kier molecular flexibility index (Phi) is 4.30. The predicted octanol–water partition coefficient (Wildman–Crippen LogP) is 3.35. The molecule has 0 amide bonds. The Hall–Kier alpha value is -3.22. The Bertz CT molecular complexity index is 1270. The van der Waals surface area contributed by atoms with Crippen LogP contribution >= 0.6 is 0 Å². The quantitative estimate of drug-likeness (QED) is 0.544. The van der Waals surface area contributed by atoms with Crippen molar-refractivity contribution < 1.29 is 9.25 Å². The lowest BCUT2D eigenvalue weighted by molar-refractivity contribution is -0.567. The molecule has 1 aromatic carbocycles. The number of hydrogen-bond acceptors (Lipinski definition) is 4. The summed E-state index contributed by atoms with van der Waals surface area (Å²) in [6.07, 6.45) is 7.59. The van der Waals surface area contributed by atoms with Gasteiger partial charge in [-0.2, -0.15) is 0 Å². The number of fused-ring (bicyclic) bond motifs is 2. The zero-order valence-corrected chi connectivity index (χ0v) is 16.7. The highest BCUT2D eigenvalue weighted by atomic mass is 16.5. The molecule has 1 fully saturated rings. The molecule has 0 radical (unpaired) electrons. The van der Waals surface area contributed by atoms with Crippen LogP contribution in [0.5, 0.6) is 5.75 Å². The fourth-order valence-corrected chi connectivity index (χ4v) is 4.43. The maximum absolute atomic E-state index is 13.7. The maximum atomic E-state index is 13.7. The smallest absolute Gasteiger partial charge is 0.458 e. The average Bonchev–Trinajstić information content (AvgIpc) is 3.12. The van der Waals surface area contributed by atoms with Crippen LogP contribution in [0.25, 0.3) is 27.9 Å². The van der Waals surface area contributed by atoms with E-state index >= 15 is 0 Å². The fourth-order valence-electron chi connectivity index (χ4n) is 4.43. The van der Waals surface area contributed by atoms with Crippen molar-refractivity contribution in [2.24, 2.45) is 0 Å². The van der Waals surface area contributed by atoms with Crippen LogP contribution in [0.3, 0.4) is 0 Å². The van der Waals surface area contributed by atoms with Crippen molar-refractivity contribution in [2.45, 2.75) is 45.1 Å². The number of aromatic amines is 1. The Morgan fingerprint density at radius 3 is 2.79 bits per heavy atom. The van der Waals surface area contributed by atoms with Gasteiger partial charge in [-0.15, -0.1) is 4.52 Å². The molecular formula is C22H24N5O2+. The Labute approximate surface area is 168 Å². The first-order valence-electron chi connectivity index (χ1n) is 10.1. The van der Waals surface area contributed by atoms with Crippen LogP contribution < -0.4 is 14.8 Å². The summed E-state index contributed by atoms with van der Waals surface area (Å²) in [6.45, 7) is 1.88. The van der Waals surface area contributed by atoms with E-state index in [1.807, 2.05) is 48.0 Å². The van der Waals surface area contributed by atoms with Gasteiger partial charge in [-0.1, -0.05) is 41.4 Å². The van der Waals surface area contributed by atoms with Crippen molar-refractivity contribution in [3.05, 3.63) is 52.7 Å².